The van der Waals surface area contributed by atoms with Gasteiger partial charge in [-0.1, -0.05) is 13.8 Å². The minimum atomic E-state index is -0.175. The molecule has 0 unspecified atom stereocenters. The molecule has 1 aromatic carbocycles. The molecule has 0 saturated heterocycles. The normalized spacial score (nSPS) is 12.1. The summed E-state index contributed by atoms with van der Waals surface area (Å²) in [7, 11) is 1.59. The van der Waals surface area contributed by atoms with Gasteiger partial charge in [-0.25, -0.2) is 0 Å². The number of benzene rings is 1. The molecule has 0 spiro atoms. The van der Waals surface area contributed by atoms with Crippen LogP contribution < -0.4 is 10.5 Å². The monoisotopic (exact) mass is 323 g/mol. The van der Waals surface area contributed by atoms with Crippen molar-refractivity contribution in [1.29, 1.82) is 0 Å². The number of rotatable bonds is 4. The molecule has 0 radical (unpaired) electrons. The molecule has 0 fully saturated rings. The summed E-state index contributed by atoms with van der Waals surface area (Å²) in [5.41, 5.74) is 6.78. The molecule has 0 heterocycles. The molecule has 1 aromatic rings. The first kappa shape index (κ1) is 16.6. The topological polar surface area (TPSA) is 55.5 Å². The molecular weight excluding hydrogens is 305 g/mol. The SMILES string of the molecule is COc1cc(Br)c(O)c([C@@H](N)CC(C)C)c1.Cl. The van der Waals surface area contributed by atoms with Crippen LogP contribution >= 0.6 is 28.3 Å². The molecule has 0 aliphatic rings. The second-order valence-corrected chi connectivity index (χ2v) is 5.14. The zero-order valence-electron chi connectivity index (χ0n) is 10.2. The van der Waals surface area contributed by atoms with Crippen molar-refractivity contribution in [3.05, 3.63) is 22.2 Å². The fraction of sp³-hybridized carbons (Fsp3) is 0.500. The fourth-order valence-corrected chi connectivity index (χ4v) is 2.08. The van der Waals surface area contributed by atoms with E-state index in [4.69, 9.17) is 10.5 Å². The Morgan fingerprint density at radius 1 is 1.41 bits per heavy atom. The van der Waals surface area contributed by atoms with Crippen molar-refractivity contribution >= 4 is 28.3 Å². The van der Waals surface area contributed by atoms with Crippen molar-refractivity contribution in [3.63, 3.8) is 0 Å². The quantitative estimate of drug-likeness (QED) is 0.889. The number of nitrogens with two attached hydrogens (primary N) is 1. The first-order valence-electron chi connectivity index (χ1n) is 5.27. The summed E-state index contributed by atoms with van der Waals surface area (Å²) in [6, 6.07) is 3.33. The summed E-state index contributed by atoms with van der Waals surface area (Å²) in [4.78, 5) is 0. The van der Waals surface area contributed by atoms with Crippen LogP contribution in [-0.4, -0.2) is 12.2 Å². The highest BCUT2D eigenvalue weighted by atomic mass is 79.9. The molecule has 1 atom stereocenters. The maximum absolute atomic E-state index is 9.92. The van der Waals surface area contributed by atoms with Crippen LogP contribution in [0.4, 0.5) is 0 Å². The van der Waals surface area contributed by atoms with E-state index in [2.05, 4.69) is 29.8 Å². The smallest absolute Gasteiger partial charge is 0.134 e. The van der Waals surface area contributed by atoms with Gasteiger partial charge >= 0.3 is 0 Å². The first-order valence-corrected chi connectivity index (χ1v) is 6.07. The summed E-state index contributed by atoms with van der Waals surface area (Å²) in [5.74, 6) is 1.38. The standard InChI is InChI=1S/C12H18BrNO2.ClH/c1-7(2)4-11(14)9-5-8(16-3)6-10(13)12(9)15;/h5-7,11,15H,4,14H2,1-3H3;1H/t11-;/m0./s1. The average Bonchev–Trinajstić information content (AvgIpc) is 2.20. The van der Waals surface area contributed by atoms with Crippen LogP contribution in [0.2, 0.25) is 0 Å². The minimum absolute atomic E-state index is 0. The van der Waals surface area contributed by atoms with E-state index < -0.39 is 0 Å². The van der Waals surface area contributed by atoms with Crippen LogP contribution in [-0.2, 0) is 0 Å². The molecule has 3 nitrogen and oxygen atoms in total. The van der Waals surface area contributed by atoms with Gasteiger partial charge in [0.1, 0.15) is 11.5 Å². The number of phenolic OH excluding ortho intramolecular Hbond substituents is 1. The van der Waals surface area contributed by atoms with Gasteiger partial charge in [0.2, 0.25) is 0 Å². The average molecular weight is 325 g/mol. The summed E-state index contributed by atoms with van der Waals surface area (Å²) in [6.45, 7) is 4.21. The first-order chi connectivity index (χ1) is 7.45. The minimum Gasteiger partial charge on any atom is -0.506 e. The van der Waals surface area contributed by atoms with Crippen LogP contribution in [0.25, 0.3) is 0 Å². The zero-order valence-corrected chi connectivity index (χ0v) is 12.6. The third-order valence-electron chi connectivity index (χ3n) is 2.43. The van der Waals surface area contributed by atoms with E-state index in [1.54, 1.807) is 19.2 Å². The highest BCUT2D eigenvalue weighted by Crippen LogP contribution is 2.36. The summed E-state index contributed by atoms with van der Waals surface area (Å²) in [6.07, 6.45) is 0.827. The van der Waals surface area contributed by atoms with E-state index in [-0.39, 0.29) is 24.2 Å². The number of ether oxygens (including phenoxy) is 1. The van der Waals surface area contributed by atoms with Gasteiger partial charge in [0, 0.05) is 11.6 Å². The molecule has 98 valence electrons. The molecule has 5 heteroatoms. The van der Waals surface area contributed by atoms with Gasteiger partial charge < -0.3 is 15.6 Å². The van der Waals surface area contributed by atoms with Gasteiger partial charge in [0.25, 0.3) is 0 Å². The van der Waals surface area contributed by atoms with Crippen LogP contribution in [0, 0.1) is 5.92 Å². The Balaban J connectivity index is 0.00000256. The van der Waals surface area contributed by atoms with Crippen molar-refractivity contribution in [2.24, 2.45) is 11.7 Å². The third kappa shape index (κ3) is 4.37. The molecule has 3 N–H and O–H groups in total. The van der Waals surface area contributed by atoms with E-state index in [9.17, 15) is 5.11 Å². The highest BCUT2D eigenvalue weighted by Gasteiger charge is 2.16. The second kappa shape index (κ2) is 7.09. The predicted octanol–water partition coefficient (Wildman–Crippen LogP) is 3.63. The van der Waals surface area contributed by atoms with Gasteiger partial charge in [0.15, 0.2) is 0 Å². The van der Waals surface area contributed by atoms with E-state index in [1.165, 1.54) is 0 Å². The molecule has 0 saturated carbocycles. The molecular formula is C12H19BrClNO2. The number of phenols is 1. The third-order valence-corrected chi connectivity index (χ3v) is 3.03. The largest absolute Gasteiger partial charge is 0.506 e. The Hall–Kier alpha value is -0.450. The maximum atomic E-state index is 9.92. The Morgan fingerprint density at radius 2 is 2.00 bits per heavy atom. The van der Waals surface area contributed by atoms with E-state index in [0.29, 0.717) is 16.1 Å². The molecule has 0 aromatic heterocycles. The predicted molar refractivity (Wildman–Crippen MR) is 76.0 cm³/mol. The Morgan fingerprint density at radius 3 is 2.47 bits per heavy atom. The molecule has 0 amide bonds. The number of hydrogen-bond acceptors (Lipinski definition) is 3. The van der Waals surface area contributed by atoms with Gasteiger partial charge in [0.05, 0.1) is 11.6 Å². The molecule has 0 bridgehead atoms. The molecule has 0 aliphatic carbocycles. The van der Waals surface area contributed by atoms with Crippen LogP contribution in [0.15, 0.2) is 16.6 Å². The highest BCUT2D eigenvalue weighted by molar-refractivity contribution is 9.10. The van der Waals surface area contributed by atoms with Crippen molar-refractivity contribution in [2.45, 2.75) is 26.3 Å². The number of halogens is 2. The molecule has 1 rings (SSSR count). The maximum Gasteiger partial charge on any atom is 0.134 e. The Bertz CT molecular complexity index is 372. The fourth-order valence-electron chi connectivity index (χ4n) is 1.63. The summed E-state index contributed by atoms with van der Waals surface area (Å²) < 4.78 is 5.76. The second-order valence-electron chi connectivity index (χ2n) is 4.28. The van der Waals surface area contributed by atoms with Crippen LogP contribution in [0.5, 0.6) is 11.5 Å². The zero-order chi connectivity index (χ0) is 12.3. The lowest BCUT2D eigenvalue weighted by Crippen LogP contribution is -2.13. The Kier molecular flexibility index (Phi) is 6.90. The van der Waals surface area contributed by atoms with Crippen molar-refractivity contribution < 1.29 is 9.84 Å². The number of aromatic hydroxyl groups is 1. The number of hydrogen-bond donors (Lipinski definition) is 2. The van der Waals surface area contributed by atoms with Crippen molar-refractivity contribution in [3.8, 4) is 11.5 Å². The summed E-state index contributed by atoms with van der Waals surface area (Å²) >= 11 is 3.29. The van der Waals surface area contributed by atoms with Gasteiger partial charge in [-0.05, 0) is 40.4 Å². The van der Waals surface area contributed by atoms with Crippen LogP contribution in [0.3, 0.4) is 0 Å². The number of methoxy groups -OCH3 is 1. The van der Waals surface area contributed by atoms with E-state index in [1.807, 2.05) is 0 Å². The summed E-state index contributed by atoms with van der Waals surface area (Å²) in [5, 5.41) is 9.92. The van der Waals surface area contributed by atoms with Gasteiger partial charge in [-0.2, -0.15) is 0 Å². The molecule has 0 aliphatic heterocycles. The van der Waals surface area contributed by atoms with E-state index in [0.717, 1.165) is 12.0 Å². The van der Waals surface area contributed by atoms with E-state index >= 15 is 0 Å². The van der Waals surface area contributed by atoms with Crippen molar-refractivity contribution in [2.75, 3.05) is 7.11 Å². The lowest BCUT2D eigenvalue weighted by molar-refractivity contribution is 0.405. The molecule has 17 heavy (non-hydrogen) atoms. The lowest BCUT2D eigenvalue weighted by atomic mass is 9.97. The lowest BCUT2D eigenvalue weighted by Gasteiger charge is -2.17. The van der Waals surface area contributed by atoms with Crippen LogP contribution in [0.1, 0.15) is 31.9 Å². The Labute approximate surface area is 117 Å². The van der Waals surface area contributed by atoms with Gasteiger partial charge in [-0.15, -0.1) is 12.4 Å². The van der Waals surface area contributed by atoms with Crippen molar-refractivity contribution in [1.82, 2.24) is 0 Å². The van der Waals surface area contributed by atoms with Gasteiger partial charge in [-0.3, -0.25) is 0 Å².